The lowest BCUT2D eigenvalue weighted by Gasteiger charge is -2.18. The summed E-state index contributed by atoms with van der Waals surface area (Å²) in [6, 6.07) is 3.62. The van der Waals surface area contributed by atoms with E-state index in [0.29, 0.717) is 21.8 Å². The van der Waals surface area contributed by atoms with Crippen molar-refractivity contribution < 1.29 is 13.2 Å². The van der Waals surface area contributed by atoms with Crippen LogP contribution in [0.25, 0.3) is 16.9 Å². The Kier molecular flexibility index (Phi) is 4.32. The zero-order chi connectivity index (χ0) is 18.4. The second kappa shape index (κ2) is 6.18. The average Bonchev–Trinajstić information content (AvgIpc) is 2.95. The highest BCUT2D eigenvalue weighted by atomic mass is 35.5. The molecule has 2 aromatic heterocycles. The van der Waals surface area contributed by atoms with Gasteiger partial charge in [0.25, 0.3) is 5.78 Å². The van der Waals surface area contributed by atoms with Crippen LogP contribution in [0, 0.1) is 20.8 Å². The van der Waals surface area contributed by atoms with Crippen molar-refractivity contribution in [3.05, 3.63) is 40.3 Å². The number of alkyl halides is 3. The fourth-order valence-corrected chi connectivity index (χ4v) is 2.91. The molecule has 3 rings (SSSR count). The number of aryl methyl sites for hydroxylation is 3. The van der Waals surface area contributed by atoms with E-state index < -0.39 is 12.7 Å². The van der Waals surface area contributed by atoms with Crippen LogP contribution in [-0.4, -0.2) is 32.3 Å². The Balaban J connectivity index is 2.26. The Morgan fingerprint density at radius 1 is 1.16 bits per heavy atom. The van der Waals surface area contributed by atoms with Gasteiger partial charge >= 0.3 is 6.18 Å². The lowest BCUT2D eigenvalue weighted by Crippen LogP contribution is -2.23. The number of anilines is 1. The standard InChI is InChI=1S/C16H15ClF3N5/c1-8-4-11(12(17)5-9(8)2)13-10(3)24-15-22-7-23-25(15)14(13)21-6-16(18,19)20/h4-5,7,21H,6H2,1-3H3. The van der Waals surface area contributed by atoms with Gasteiger partial charge in [-0.25, -0.2) is 4.98 Å². The molecule has 9 heteroatoms. The Hall–Kier alpha value is -2.35. The molecule has 0 aliphatic heterocycles. The maximum Gasteiger partial charge on any atom is 0.405 e. The van der Waals surface area contributed by atoms with Crippen molar-refractivity contribution in [2.75, 3.05) is 11.9 Å². The van der Waals surface area contributed by atoms with Crippen molar-refractivity contribution in [2.45, 2.75) is 26.9 Å². The molecule has 1 N–H and O–H groups in total. The Labute approximate surface area is 146 Å². The van der Waals surface area contributed by atoms with E-state index in [2.05, 4.69) is 20.4 Å². The molecule has 0 fully saturated rings. The number of nitrogens with zero attached hydrogens (tertiary/aromatic N) is 4. The summed E-state index contributed by atoms with van der Waals surface area (Å²) in [5.41, 5.74) is 3.53. The molecule has 25 heavy (non-hydrogen) atoms. The first-order valence-corrected chi connectivity index (χ1v) is 7.83. The van der Waals surface area contributed by atoms with E-state index in [1.807, 2.05) is 19.9 Å². The molecule has 0 bridgehead atoms. The third kappa shape index (κ3) is 3.39. The van der Waals surface area contributed by atoms with Gasteiger partial charge in [0.15, 0.2) is 0 Å². The van der Waals surface area contributed by atoms with Crippen LogP contribution in [-0.2, 0) is 0 Å². The quantitative estimate of drug-likeness (QED) is 0.746. The molecule has 0 aliphatic rings. The molecule has 0 saturated carbocycles. The van der Waals surface area contributed by atoms with Gasteiger partial charge in [-0.1, -0.05) is 11.6 Å². The normalized spacial score (nSPS) is 12.0. The number of aromatic nitrogens is 4. The van der Waals surface area contributed by atoms with Crippen LogP contribution in [0.15, 0.2) is 18.5 Å². The number of nitrogens with one attached hydrogen (secondary N) is 1. The predicted octanol–water partition coefficient (Wildman–Crippen LogP) is 4.34. The van der Waals surface area contributed by atoms with Crippen molar-refractivity contribution in [3.8, 4) is 11.1 Å². The van der Waals surface area contributed by atoms with Crippen LogP contribution in [0.5, 0.6) is 0 Å². The summed E-state index contributed by atoms with van der Waals surface area (Å²) in [6.45, 7) is 4.32. The molecule has 0 saturated heterocycles. The first-order chi connectivity index (χ1) is 11.7. The number of halogens is 4. The Bertz CT molecular complexity index is 949. The van der Waals surface area contributed by atoms with E-state index in [9.17, 15) is 13.2 Å². The van der Waals surface area contributed by atoms with Gasteiger partial charge in [-0.05, 0) is 44.0 Å². The molecule has 0 atom stereocenters. The van der Waals surface area contributed by atoms with Crippen molar-refractivity contribution in [1.29, 1.82) is 0 Å². The van der Waals surface area contributed by atoms with Crippen molar-refractivity contribution in [3.63, 3.8) is 0 Å². The Morgan fingerprint density at radius 2 is 1.84 bits per heavy atom. The van der Waals surface area contributed by atoms with Gasteiger partial charge in [0.05, 0.1) is 5.69 Å². The van der Waals surface area contributed by atoms with Crippen LogP contribution in [0.3, 0.4) is 0 Å². The zero-order valence-electron chi connectivity index (χ0n) is 13.7. The van der Waals surface area contributed by atoms with Crippen molar-refractivity contribution >= 4 is 23.2 Å². The minimum atomic E-state index is -4.38. The number of fused-ring (bicyclic) bond motifs is 1. The van der Waals surface area contributed by atoms with Gasteiger partial charge in [0, 0.05) is 16.1 Å². The summed E-state index contributed by atoms with van der Waals surface area (Å²) in [6.07, 6.45) is -3.14. The fourth-order valence-electron chi connectivity index (χ4n) is 2.59. The molecule has 1 aromatic carbocycles. The first kappa shape index (κ1) is 17.5. The van der Waals surface area contributed by atoms with E-state index in [-0.39, 0.29) is 11.6 Å². The molecule has 0 radical (unpaired) electrons. The largest absolute Gasteiger partial charge is 0.405 e. The molecular formula is C16H15ClF3N5. The molecule has 132 valence electrons. The highest BCUT2D eigenvalue weighted by Gasteiger charge is 2.29. The molecule has 3 aromatic rings. The molecular weight excluding hydrogens is 355 g/mol. The summed E-state index contributed by atoms with van der Waals surface area (Å²) in [5, 5.41) is 6.84. The fraction of sp³-hybridized carbons (Fsp3) is 0.312. The van der Waals surface area contributed by atoms with E-state index >= 15 is 0 Å². The van der Waals surface area contributed by atoms with Crippen LogP contribution >= 0.6 is 11.6 Å². The molecule has 0 aliphatic carbocycles. The second-order valence-electron chi connectivity index (χ2n) is 5.78. The number of hydrogen-bond donors (Lipinski definition) is 1. The van der Waals surface area contributed by atoms with Gasteiger partial charge < -0.3 is 5.32 Å². The second-order valence-corrected chi connectivity index (χ2v) is 6.18. The van der Waals surface area contributed by atoms with E-state index in [4.69, 9.17) is 11.6 Å². The third-order valence-electron chi connectivity index (χ3n) is 3.92. The monoisotopic (exact) mass is 369 g/mol. The summed E-state index contributed by atoms with van der Waals surface area (Å²) in [4.78, 5) is 8.28. The van der Waals surface area contributed by atoms with Crippen LogP contribution < -0.4 is 5.32 Å². The molecule has 5 nitrogen and oxygen atoms in total. The first-order valence-electron chi connectivity index (χ1n) is 7.45. The van der Waals surface area contributed by atoms with Crippen LogP contribution in [0.4, 0.5) is 19.0 Å². The van der Waals surface area contributed by atoms with E-state index in [0.717, 1.165) is 11.1 Å². The highest BCUT2D eigenvalue weighted by Crippen LogP contribution is 2.37. The lowest BCUT2D eigenvalue weighted by atomic mass is 9.99. The summed E-state index contributed by atoms with van der Waals surface area (Å²) >= 11 is 6.37. The average molecular weight is 370 g/mol. The maximum absolute atomic E-state index is 12.7. The van der Waals surface area contributed by atoms with Gasteiger partial charge in [-0.3, -0.25) is 0 Å². The van der Waals surface area contributed by atoms with Gasteiger partial charge in [-0.15, -0.1) is 0 Å². The number of benzene rings is 1. The summed E-state index contributed by atoms with van der Waals surface area (Å²) in [5.74, 6) is 0.369. The van der Waals surface area contributed by atoms with E-state index in [1.165, 1.54) is 10.8 Å². The van der Waals surface area contributed by atoms with Gasteiger partial charge in [0.1, 0.15) is 18.7 Å². The summed E-state index contributed by atoms with van der Waals surface area (Å²) in [7, 11) is 0. The molecule has 2 heterocycles. The minimum Gasteiger partial charge on any atom is -0.360 e. The molecule has 0 spiro atoms. The van der Waals surface area contributed by atoms with Gasteiger partial charge in [-0.2, -0.15) is 27.8 Å². The maximum atomic E-state index is 12.7. The van der Waals surface area contributed by atoms with Crippen LogP contribution in [0.1, 0.15) is 16.8 Å². The highest BCUT2D eigenvalue weighted by molar-refractivity contribution is 6.33. The van der Waals surface area contributed by atoms with Crippen molar-refractivity contribution in [2.24, 2.45) is 0 Å². The topological polar surface area (TPSA) is 55.1 Å². The zero-order valence-corrected chi connectivity index (χ0v) is 14.5. The smallest absolute Gasteiger partial charge is 0.360 e. The number of hydrogen-bond acceptors (Lipinski definition) is 4. The molecule has 0 amide bonds. The predicted molar refractivity (Wildman–Crippen MR) is 90.0 cm³/mol. The van der Waals surface area contributed by atoms with Crippen molar-refractivity contribution in [1.82, 2.24) is 19.6 Å². The van der Waals surface area contributed by atoms with Crippen LogP contribution in [0.2, 0.25) is 5.02 Å². The Morgan fingerprint density at radius 3 is 2.52 bits per heavy atom. The lowest BCUT2D eigenvalue weighted by molar-refractivity contribution is -0.115. The SMILES string of the molecule is Cc1cc(Cl)c(-c2c(C)nc3ncnn3c2NCC(F)(F)F)cc1C. The third-order valence-corrected chi connectivity index (χ3v) is 4.23. The minimum absolute atomic E-state index is 0.155. The van der Waals surface area contributed by atoms with Gasteiger partial charge in [0.2, 0.25) is 0 Å². The summed E-state index contributed by atoms with van der Waals surface area (Å²) < 4.78 is 39.5. The molecule has 0 unspecified atom stereocenters. The number of rotatable bonds is 3. The van der Waals surface area contributed by atoms with E-state index in [1.54, 1.807) is 13.0 Å².